The molecule has 2 unspecified atom stereocenters. The molecule has 0 aliphatic carbocycles. The molecular weight excluding hydrogens is 262 g/mol. The van der Waals surface area contributed by atoms with Gasteiger partial charge in [-0.15, -0.1) is 0 Å². The molecule has 0 amide bonds. The Balaban J connectivity index is 3.66. The molecule has 0 saturated carbocycles. The predicted octanol–water partition coefficient (Wildman–Crippen LogP) is -0.408. The van der Waals surface area contributed by atoms with Crippen molar-refractivity contribution in [2.45, 2.75) is 44.8 Å². The van der Waals surface area contributed by atoms with E-state index in [1.807, 2.05) is 11.8 Å². The molecule has 0 saturated heterocycles. The first-order valence-electron chi connectivity index (χ1n) is 7.51. The predicted molar refractivity (Wildman–Crippen MR) is 77.6 cm³/mol. The van der Waals surface area contributed by atoms with Crippen LogP contribution in [0.4, 0.5) is 0 Å². The van der Waals surface area contributed by atoms with E-state index in [4.69, 9.17) is 14.9 Å². The molecule has 4 N–H and O–H groups in total. The maximum Gasteiger partial charge on any atom is 0.0773 e. The maximum absolute atomic E-state index is 9.63. The van der Waals surface area contributed by atoms with Crippen molar-refractivity contribution >= 4 is 0 Å². The summed E-state index contributed by atoms with van der Waals surface area (Å²) in [6, 6.07) is 0. The summed E-state index contributed by atoms with van der Waals surface area (Å²) in [5, 5.41) is 36.8. The number of rotatable bonds is 14. The molecule has 0 bridgehead atoms. The molecule has 0 aliphatic heterocycles. The van der Waals surface area contributed by atoms with Crippen molar-refractivity contribution in [1.82, 2.24) is 4.90 Å². The second-order valence-corrected chi connectivity index (χ2v) is 5.03. The number of nitrogens with zero attached hydrogens (tertiary/aromatic N) is 1. The number of aliphatic hydroxyl groups excluding tert-OH is 4. The van der Waals surface area contributed by atoms with E-state index >= 15 is 0 Å². The molecule has 6 nitrogen and oxygen atoms in total. The van der Waals surface area contributed by atoms with Gasteiger partial charge in [-0.25, -0.2) is 0 Å². The largest absolute Gasteiger partial charge is 0.396 e. The Kier molecular flexibility index (Phi) is 13.6. The number of hydrogen-bond donors (Lipinski definition) is 4. The Morgan fingerprint density at radius 1 is 1.00 bits per heavy atom. The smallest absolute Gasteiger partial charge is 0.0773 e. The van der Waals surface area contributed by atoms with Crippen LogP contribution in [0, 0.1) is 0 Å². The van der Waals surface area contributed by atoms with Gasteiger partial charge in [0, 0.05) is 26.2 Å². The highest BCUT2D eigenvalue weighted by molar-refractivity contribution is 4.63. The van der Waals surface area contributed by atoms with Crippen LogP contribution in [0.15, 0.2) is 0 Å². The number of ether oxygens (including phenoxy) is 1. The van der Waals surface area contributed by atoms with E-state index in [0.29, 0.717) is 45.5 Å². The van der Waals surface area contributed by atoms with E-state index in [1.54, 1.807) is 0 Å². The molecule has 0 rings (SSSR count). The van der Waals surface area contributed by atoms with Crippen molar-refractivity contribution in [3.63, 3.8) is 0 Å². The van der Waals surface area contributed by atoms with Crippen LogP contribution in [0.2, 0.25) is 0 Å². The second kappa shape index (κ2) is 13.7. The molecule has 2 atom stereocenters. The minimum absolute atomic E-state index is 0.0558. The molecule has 0 heterocycles. The van der Waals surface area contributed by atoms with Gasteiger partial charge in [0.05, 0.1) is 32.0 Å². The Bertz CT molecular complexity index is 206. The van der Waals surface area contributed by atoms with Crippen LogP contribution >= 0.6 is 0 Å². The lowest BCUT2D eigenvalue weighted by atomic mass is 10.2. The molecule has 122 valence electrons. The highest BCUT2D eigenvalue weighted by atomic mass is 16.5. The summed E-state index contributed by atoms with van der Waals surface area (Å²) in [6.45, 7) is 4.55. The van der Waals surface area contributed by atoms with Crippen LogP contribution in [-0.2, 0) is 4.74 Å². The molecule has 0 aromatic rings. The standard InChI is InChI=1S/C14H31NO5/c1-2-13(18)11-15(6-9-17)7-10-20-12-14(19)5-3-4-8-16/h13-14,16-19H,2-12H2,1H3. The summed E-state index contributed by atoms with van der Waals surface area (Å²) in [4.78, 5) is 1.95. The van der Waals surface area contributed by atoms with Crippen molar-refractivity contribution in [2.75, 3.05) is 46.1 Å². The topological polar surface area (TPSA) is 93.4 Å². The molecule has 0 aromatic carbocycles. The van der Waals surface area contributed by atoms with Crippen LogP contribution in [0.3, 0.4) is 0 Å². The van der Waals surface area contributed by atoms with Gasteiger partial charge in [0.15, 0.2) is 0 Å². The first kappa shape index (κ1) is 19.8. The van der Waals surface area contributed by atoms with Gasteiger partial charge >= 0.3 is 0 Å². The quantitative estimate of drug-likeness (QED) is 0.325. The summed E-state index contributed by atoms with van der Waals surface area (Å²) >= 11 is 0. The lowest BCUT2D eigenvalue weighted by Gasteiger charge is -2.23. The Morgan fingerprint density at radius 2 is 1.75 bits per heavy atom. The first-order chi connectivity index (χ1) is 9.63. The summed E-state index contributed by atoms with van der Waals surface area (Å²) in [5.41, 5.74) is 0. The van der Waals surface area contributed by atoms with Gasteiger partial charge in [0.25, 0.3) is 0 Å². The highest BCUT2D eigenvalue weighted by Crippen LogP contribution is 2.01. The van der Waals surface area contributed by atoms with Crippen LogP contribution in [0.5, 0.6) is 0 Å². The van der Waals surface area contributed by atoms with Gasteiger partial charge in [-0.1, -0.05) is 6.92 Å². The molecule has 0 radical (unpaired) electrons. The molecule has 0 aliphatic rings. The first-order valence-corrected chi connectivity index (χ1v) is 7.51. The Labute approximate surface area is 122 Å². The van der Waals surface area contributed by atoms with Gasteiger partial charge in [0.1, 0.15) is 0 Å². The van der Waals surface area contributed by atoms with Crippen LogP contribution in [0.25, 0.3) is 0 Å². The zero-order valence-electron chi connectivity index (χ0n) is 12.6. The monoisotopic (exact) mass is 293 g/mol. The van der Waals surface area contributed by atoms with E-state index in [-0.39, 0.29) is 25.9 Å². The van der Waals surface area contributed by atoms with E-state index < -0.39 is 6.10 Å². The van der Waals surface area contributed by atoms with E-state index in [0.717, 1.165) is 6.42 Å². The lowest BCUT2D eigenvalue weighted by Crippen LogP contribution is -2.37. The third kappa shape index (κ3) is 11.6. The number of unbranched alkanes of at least 4 members (excludes halogenated alkanes) is 1. The minimum Gasteiger partial charge on any atom is -0.396 e. The fourth-order valence-electron chi connectivity index (χ4n) is 1.85. The molecule has 0 fully saturated rings. The minimum atomic E-state index is -0.492. The van der Waals surface area contributed by atoms with Crippen molar-refractivity contribution in [3.05, 3.63) is 0 Å². The molecule has 0 aromatic heterocycles. The van der Waals surface area contributed by atoms with Gasteiger partial charge in [-0.05, 0) is 25.7 Å². The Morgan fingerprint density at radius 3 is 2.35 bits per heavy atom. The Hall–Kier alpha value is -0.240. The SMILES string of the molecule is CCC(O)CN(CCO)CCOCC(O)CCCCO. The van der Waals surface area contributed by atoms with Crippen molar-refractivity contribution < 1.29 is 25.2 Å². The zero-order valence-corrected chi connectivity index (χ0v) is 12.6. The van der Waals surface area contributed by atoms with Crippen molar-refractivity contribution in [1.29, 1.82) is 0 Å². The van der Waals surface area contributed by atoms with Gasteiger partial charge in [0.2, 0.25) is 0 Å². The van der Waals surface area contributed by atoms with Gasteiger partial charge in [-0.2, -0.15) is 0 Å². The van der Waals surface area contributed by atoms with Gasteiger partial charge < -0.3 is 25.2 Å². The zero-order chi connectivity index (χ0) is 15.2. The molecule has 0 spiro atoms. The van der Waals surface area contributed by atoms with Crippen molar-refractivity contribution in [3.8, 4) is 0 Å². The fraction of sp³-hybridized carbons (Fsp3) is 1.00. The van der Waals surface area contributed by atoms with Crippen LogP contribution in [-0.4, -0.2) is 83.6 Å². The third-order valence-electron chi connectivity index (χ3n) is 3.16. The number of hydrogen-bond acceptors (Lipinski definition) is 6. The van der Waals surface area contributed by atoms with Crippen molar-refractivity contribution in [2.24, 2.45) is 0 Å². The van der Waals surface area contributed by atoms with E-state index in [9.17, 15) is 10.2 Å². The summed E-state index contributed by atoms with van der Waals surface area (Å²) in [6.07, 6.45) is 1.94. The summed E-state index contributed by atoms with van der Waals surface area (Å²) in [5.74, 6) is 0. The third-order valence-corrected chi connectivity index (χ3v) is 3.16. The highest BCUT2D eigenvalue weighted by Gasteiger charge is 2.10. The fourth-order valence-corrected chi connectivity index (χ4v) is 1.85. The summed E-state index contributed by atoms with van der Waals surface area (Å²) < 4.78 is 5.40. The molecular formula is C14H31NO5. The maximum atomic E-state index is 9.63. The average Bonchev–Trinajstić information content (AvgIpc) is 2.43. The van der Waals surface area contributed by atoms with Gasteiger partial charge in [-0.3, -0.25) is 4.90 Å². The van der Waals surface area contributed by atoms with E-state index in [1.165, 1.54) is 0 Å². The normalized spacial score (nSPS) is 14.7. The number of aliphatic hydroxyl groups is 4. The molecule has 20 heavy (non-hydrogen) atoms. The summed E-state index contributed by atoms with van der Waals surface area (Å²) in [7, 11) is 0. The van der Waals surface area contributed by atoms with E-state index in [2.05, 4.69) is 0 Å². The van der Waals surface area contributed by atoms with Crippen LogP contribution in [0.1, 0.15) is 32.6 Å². The second-order valence-electron chi connectivity index (χ2n) is 5.03. The molecule has 6 heteroatoms. The lowest BCUT2D eigenvalue weighted by molar-refractivity contribution is 0.0142. The van der Waals surface area contributed by atoms with Crippen LogP contribution < -0.4 is 0 Å². The average molecular weight is 293 g/mol.